The Hall–Kier alpha value is -0.380. The summed E-state index contributed by atoms with van der Waals surface area (Å²) in [6.07, 6.45) is 29.7. The highest BCUT2D eigenvalue weighted by Gasteiger charge is 2.27. The van der Waals surface area contributed by atoms with Crippen LogP contribution in [-0.2, 0) is 9.36 Å². The van der Waals surface area contributed by atoms with Gasteiger partial charge >= 0.3 is 0 Å². The predicted octanol–water partition coefficient (Wildman–Crippen LogP) is 10.3. The molecule has 0 saturated carbocycles. The molecule has 0 aromatic carbocycles. The molecule has 0 aromatic rings. The summed E-state index contributed by atoms with van der Waals surface area (Å²) in [5.41, 5.74) is 0. The molecule has 0 radical (unpaired) electrons. The van der Waals surface area contributed by atoms with Crippen LogP contribution in [-0.4, -0.2) is 72.5 Å². The third kappa shape index (κ3) is 26.5. The molecular weight excluding hydrogens is 551 g/mol. The molecular formula is C37H77N2O3P. The predicted molar refractivity (Wildman–Crippen MR) is 191 cm³/mol. The van der Waals surface area contributed by atoms with E-state index in [1.165, 1.54) is 122 Å². The van der Waals surface area contributed by atoms with Gasteiger partial charge in [-0.3, -0.25) is 4.79 Å². The van der Waals surface area contributed by atoms with E-state index in [0.717, 1.165) is 32.2 Å². The number of unbranched alkanes of at least 4 members (excludes halogenated alkanes) is 19. The van der Waals surface area contributed by atoms with Gasteiger partial charge in [0.1, 0.15) is 0 Å². The summed E-state index contributed by atoms with van der Waals surface area (Å²) in [6, 6.07) is 0.111. The molecule has 0 spiro atoms. The molecule has 0 bridgehead atoms. The van der Waals surface area contributed by atoms with Crippen molar-refractivity contribution in [2.45, 2.75) is 188 Å². The van der Waals surface area contributed by atoms with E-state index >= 15 is 0 Å². The molecule has 0 aliphatic rings. The summed E-state index contributed by atoms with van der Waals surface area (Å²) in [7, 11) is 2.12. The molecule has 0 fully saturated rings. The van der Waals surface area contributed by atoms with Crippen LogP contribution in [0.3, 0.4) is 0 Å². The molecule has 4 atom stereocenters. The molecule has 1 N–H and O–H groups in total. The number of nitrogens with zero attached hydrogens (tertiary/aromatic N) is 2. The van der Waals surface area contributed by atoms with Crippen molar-refractivity contribution in [3.8, 4) is 0 Å². The average molecular weight is 629 g/mol. The number of rotatable bonds is 32. The van der Waals surface area contributed by atoms with Gasteiger partial charge in [0.25, 0.3) is 0 Å². The minimum atomic E-state index is -1.85. The van der Waals surface area contributed by atoms with Gasteiger partial charge in [0.15, 0.2) is 0 Å². The van der Waals surface area contributed by atoms with Gasteiger partial charge in [0, 0.05) is 37.4 Å². The van der Waals surface area contributed by atoms with E-state index in [9.17, 15) is 14.5 Å². The first-order chi connectivity index (χ1) is 20.7. The van der Waals surface area contributed by atoms with Crippen molar-refractivity contribution in [1.82, 2.24) is 9.80 Å². The highest BCUT2D eigenvalue weighted by molar-refractivity contribution is 7.44. The standard InChI is InChI=1S/C37H77N2O3P/c1-7-9-11-13-15-17-19-21-23-25-27-29-35(4)39(32-36(40)33-43(42)31-30-38(5)6)37(41)34(3)28-26-24-22-20-18-16-14-12-10-8-2/h34-36,40,43H,7-33H2,1-6H3. The molecule has 4 unspecified atom stereocenters. The van der Waals surface area contributed by atoms with Gasteiger partial charge in [0.2, 0.25) is 5.91 Å². The van der Waals surface area contributed by atoms with Gasteiger partial charge in [-0.1, -0.05) is 156 Å². The summed E-state index contributed by atoms with van der Waals surface area (Å²) < 4.78 is 12.6. The fourth-order valence-electron chi connectivity index (χ4n) is 6.10. The molecule has 0 rings (SSSR count). The topological polar surface area (TPSA) is 60.9 Å². The fraction of sp³-hybridized carbons (Fsp3) is 0.973. The summed E-state index contributed by atoms with van der Waals surface area (Å²) >= 11 is 0. The summed E-state index contributed by atoms with van der Waals surface area (Å²) in [5.74, 6) is 0.158. The second-order valence-electron chi connectivity index (χ2n) is 14.0. The molecule has 0 heterocycles. The summed E-state index contributed by atoms with van der Waals surface area (Å²) in [4.78, 5) is 17.6. The first-order valence-electron chi connectivity index (χ1n) is 18.9. The average Bonchev–Trinajstić information content (AvgIpc) is 2.97. The SMILES string of the molecule is CCCCCCCCCCCCCC(C)N(CC(O)C[PH](=O)CCN(C)C)C(=O)C(C)CCCCCCCCCCCC. The van der Waals surface area contributed by atoms with Crippen LogP contribution in [0.2, 0.25) is 0 Å². The lowest BCUT2D eigenvalue weighted by Gasteiger charge is -2.33. The van der Waals surface area contributed by atoms with Crippen molar-refractivity contribution in [2.24, 2.45) is 5.92 Å². The Morgan fingerprint density at radius 3 is 1.47 bits per heavy atom. The maximum Gasteiger partial charge on any atom is 0.225 e. The molecule has 43 heavy (non-hydrogen) atoms. The normalized spacial score (nSPS) is 14.6. The zero-order valence-electron chi connectivity index (χ0n) is 30.0. The number of carbonyl (C=O) groups excluding carboxylic acids is 1. The Morgan fingerprint density at radius 1 is 0.651 bits per heavy atom. The fourth-order valence-corrected chi connectivity index (χ4v) is 7.65. The Labute approximate surface area is 270 Å². The van der Waals surface area contributed by atoms with Crippen LogP contribution in [0, 0.1) is 5.92 Å². The number of carbonyl (C=O) groups is 1. The van der Waals surface area contributed by atoms with Crippen LogP contribution in [0.25, 0.3) is 0 Å². The Kier molecular flexibility index (Phi) is 30.0. The maximum atomic E-state index is 13.7. The number of amides is 1. The van der Waals surface area contributed by atoms with E-state index in [2.05, 4.69) is 27.7 Å². The molecule has 0 aliphatic heterocycles. The molecule has 5 nitrogen and oxygen atoms in total. The first kappa shape index (κ1) is 42.6. The lowest BCUT2D eigenvalue weighted by molar-refractivity contribution is -0.139. The van der Waals surface area contributed by atoms with Gasteiger partial charge in [-0.15, -0.1) is 0 Å². The third-order valence-corrected chi connectivity index (χ3v) is 10.9. The van der Waals surface area contributed by atoms with Crippen molar-refractivity contribution in [3.05, 3.63) is 0 Å². The van der Waals surface area contributed by atoms with E-state index in [1.807, 2.05) is 23.9 Å². The van der Waals surface area contributed by atoms with Gasteiger partial charge < -0.3 is 19.5 Å². The zero-order chi connectivity index (χ0) is 32.1. The third-order valence-electron chi connectivity index (χ3n) is 9.16. The highest BCUT2D eigenvalue weighted by Crippen LogP contribution is 2.24. The van der Waals surface area contributed by atoms with Crippen molar-refractivity contribution in [3.63, 3.8) is 0 Å². The molecule has 6 heteroatoms. The molecule has 0 aromatic heterocycles. The summed E-state index contributed by atoms with van der Waals surface area (Å²) in [5, 5.41) is 10.9. The quantitative estimate of drug-likeness (QED) is 0.0595. The maximum absolute atomic E-state index is 13.7. The largest absolute Gasteiger partial charge is 0.391 e. The number of hydrogen-bond acceptors (Lipinski definition) is 4. The number of aliphatic hydroxyl groups excluding tert-OH is 1. The summed E-state index contributed by atoms with van der Waals surface area (Å²) in [6.45, 7) is 9.86. The number of hydrogen-bond donors (Lipinski definition) is 1. The van der Waals surface area contributed by atoms with Crippen molar-refractivity contribution in [1.29, 1.82) is 0 Å². The zero-order valence-corrected chi connectivity index (χ0v) is 31.0. The minimum Gasteiger partial charge on any atom is -0.391 e. The van der Waals surface area contributed by atoms with Crippen LogP contribution in [0.1, 0.15) is 175 Å². The van der Waals surface area contributed by atoms with E-state index in [4.69, 9.17) is 0 Å². The van der Waals surface area contributed by atoms with E-state index in [1.54, 1.807) is 0 Å². The lowest BCUT2D eigenvalue weighted by Crippen LogP contribution is -2.46. The van der Waals surface area contributed by atoms with E-state index < -0.39 is 13.9 Å². The van der Waals surface area contributed by atoms with Crippen LogP contribution in [0.5, 0.6) is 0 Å². The highest BCUT2D eigenvalue weighted by atomic mass is 31.1. The second kappa shape index (κ2) is 30.3. The Bertz CT molecular complexity index is 645. The Balaban J connectivity index is 4.62. The monoisotopic (exact) mass is 629 g/mol. The van der Waals surface area contributed by atoms with Crippen molar-refractivity contribution >= 4 is 13.7 Å². The van der Waals surface area contributed by atoms with Gasteiger partial charge in [-0.25, -0.2) is 0 Å². The first-order valence-corrected chi connectivity index (χ1v) is 20.7. The van der Waals surface area contributed by atoms with Gasteiger partial charge in [-0.05, 0) is 33.9 Å². The number of aliphatic hydroxyl groups is 1. The van der Waals surface area contributed by atoms with Crippen molar-refractivity contribution in [2.75, 3.05) is 39.5 Å². The molecule has 0 aliphatic carbocycles. The van der Waals surface area contributed by atoms with Crippen molar-refractivity contribution < 1.29 is 14.5 Å². The molecule has 258 valence electrons. The second-order valence-corrected chi connectivity index (χ2v) is 16.0. The lowest BCUT2D eigenvalue weighted by atomic mass is 9.98. The molecule has 0 saturated heterocycles. The molecule has 1 amide bonds. The van der Waals surface area contributed by atoms with Gasteiger partial charge in [-0.2, -0.15) is 0 Å². The van der Waals surface area contributed by atoms with Crippen LogP contribution in [0.15, 0.2) is 0 Å². The smallest absolute Gasteiger partial charge is 0.225 e. The Morgan fingerprint density at radius 2 is 1.05 bits per heavy atom. The minimum absolute atomic E-state index is 0.0215. The van der Waals surface area contributed by atoms with Crippen LogP contribution in [0.4, 0.5) is 0 Å². The van der Waals surface area contributed by atoms with Crippen LogP contribution < -0.4 is 0 Å². The van der Waals surface area contributed by atoms with Gasteiger partial charge in [0.05, 0.1) is 13.9 Å². The van der Waals surface area contributed by atoms with E-state index in [-0.39, 0.29) is 17.9 Å². The van der Waals surface area contributed by atoms with Crippen LogP contribution >= 0.6 is 7.80 Å². The van der Waals surface area contributed by atoms with E-state index in [0.29, 0.717) is 18.9 Å².